The number of hydrogen-bond acceptors (Lipinski definition) is 20. The maximum absolute atomic E-state index is 11.8. The van der Waals surface area contributed by atoms with Crippen LogP contribution in [0.4, 0.5) is 0 Å². The summed E-state index contributed by atoms with van der Waals surface area (Å²) >= 11 is 28.1. The maximum Gasteiger partial charge on any atom is 0.335 e. The molecular weight excluding hydrogens is 1450 g/mol. The zero-order valence-corrected chi connectivity index (χ0v) is 64.3. The number of Topliss-reactive ketones (excluding diaryl/α,β-unsaturated/α-hetero) is 2. The molecular formula is C76H105Cl5N4O19. The highest BCUT2D eigenvalue weighted by atomic mass is 35.5. The van der Waals surface area contributed by atoms with Crippen molar-refractivity contribution in [2.24, 2.45) is 17.2 Å². The Morgan fingerprint density at radius 3 is 0.942 bits per heavy atom. The number of carboxylic acids is 2. The number of ketones is 2. The van der Waals surface area contributed by atoms with E-state index in [1.54, 1.807) is 126 Å². The van der Waals surface area contributed by atoms with Gasteiger partial charge in [-0.15, -0.1) is 58.0 Å². The number of nitrogens with two attached hydrogens (primary N) is 3. The van der Waals surface area contributed by atoms with Crippen LogP contribution in [0.25, 0.3) is 0 Å². The second-order valence-electron chi connectivity index (χ2n) is 21.3. The topological polar surface area (TPSA) is 374 Å². The van der Waals surface area contributed by atoms with Crippen molar-refractivity contribution in [3.05, 3.63) is 177 Å². The summed E-state index contributed by atoms with van der Waals surface area (Å²) in [5.74, 6) is -0.970. The molecule has 0 spiro atoms. The number of halogens is 5. The van der Waals surface area contributed by atoms with Crippen molar-refractivity contribution in [2.75, 3.05) is 66.3 Å². The predicted octanol–water partition coefficient (Wildman–Crippen LogP) is 14.3. The third-order valence-electron chi connectivity index (χ3n) is 13.1. The number of hydrogen-bond donors (Lipinski definition) is 6. The quantitative estimate of drug-likeness (QED) is 0.00707. The Morgan fingerprint density at radius 1 is 0.337 bits per heavy atom. The van der Waals surface area contributed by atoms with Crippen LogP contribution in [0, 0.1) is 0 Å². The Kier molecular flexibility index (Phi) is 65.6. The second-order valence-corrected chi connectivity index (χ2v) is 22.7. The average molecular weight is 1560 g/mol. The number of rotatable bonds is 37. The van der Waals surface area contributed by atoms with E-state index in [1.807, 2.05) is 30.3 Å². The van der Waals surface area contributed by atoms with E-state index in [0.29, 0.717) is 188 Å². The molecule has 104 heavy (non-hydrogen) atoms. The van der Waals surface area contributed by atoms with Crippen LogP contribution in [0.1, 0.15) is 211 Å². The van der Waals surface area contributed by atoms with Crippen molar-refractivity contribution < 1.29 is 91.4 Å². The van der Waals surface area contributed by atoms with Crippen molar-refractivity contribution in [1.82, 2.24) is 5.32 Å². The molecule has 5 aromatic carbocycles. The van der Waals surface area contributed by atoms with Gasteiger partial charge in [-0.25, -0.2) is 9.59 Å². The summed E-state index contributed by atoms with van der Waals surface area (Å²) in [6.45, 7) is 13.2. The van der Waals surface area contributed by atoms with Gasteiger partial charge in [0.15, 0.2) is 11.6 Å². The van der Waals surface area contributed by atoms with E-state index in [0.717, 1.165) is 47.1 Å². The molecule has 23 nitrogen and oxygen atoms in total. The lowest BCUT2D eigenvalue weighted by Crippen LogP contribution is -2.25. The van der Waals surface area contributed by atoms with E-state index < -0.39 is 11.9 Å². The second kappa shape index (κ2) is 68.1. The summed E-state index contributed by atoms with van der Waals surface area (Å²) in [5.41, 5.74) is 22.6. The highest BCUT2D eigenvalue weighted by molar-refractivity contribution is 6.18. The van der Waals surface area contributed by atoms with E-state index in [9.17, 15) is 52.7 Å². The Bertz CT molecular complexity index is 3150. The number of carboxylic acid groups (broad SMARTS) is 2. The molecule has 28 heteroatoms. The SMILES string of the molecule is CCOC(=O)CCCC(=O)c1ccc(CCl)cc1.CCOC(=O)CCCN.CCOC(=O)CCCN.CCOC(=O)CCCN.CCOC(=O)CCCNC(=O)c1cccc(CCl)c1.COC(=O)CCCCC(=O)c1ccc(CCl)cc1.O=C(O)c1ccc(CCl)cc1.O=C(O)c1cccc(CCl)c1. The van der Waals surface area contributed by atoms with Crippen LogP contribution < -0.4 is 22.5 Å². The summed E-state index contributed by atoms with van der Waals surface area (Å²) in [6.07, 6.45) is 7.77. The zero-order chi connectivity index (χ0) is 78.7. The van der Waals surface area contributed by atoms with Crippen LogP contribution >= 0.6 is 58.0 Å². The first-order valence-electron chi connectivity index (χ1n) is 33.9. The van der Waals surface area contributed by atoms with Gasteiger partial charge >= 0.3 is 47.8 Å². The van der Waals surface area contributed by atoms with Gasteiger partial charge in [0.1, 0.15) is 0 Å². The normalized spacial score (nSPS) is 9.71. The summed E-state index contributed by atoms with van der Waals surface area (Å²) in [7, 11) is 1.37. The first-order chi connectivity index (χ1) is 49.9. The lowest BCUT2D eigenvalue weighted by atomic mass is 10.0. The van der Waals surface area contributed by atoms with Gasteiger partial charge in [0.25, 0.3) is 5.91 Å². The monoisotopic (exact) mass is 1550 g/mol. The molecule has 0 bridgehead atoms. The van der Waals surface area contributed by atoms with E-state index in [1.165, 1.54) is 7.11 Å². The summed E-state index contributed by atoms with van der Waals surface area (Å²) in [4.78, 5) is 121. The summed E-state index contributed by atoms with van der Waals surface area (Å²) < 4.78 is 28.1. The Morgan fingerprint density at radius 2 is 0.625 bits per heavy atom. The van der Waals surface area contributed by atoms with Gasteiger partial charge in [0.05, 0.1) is 51.3 Å². The number of nitrogens with one attached hydrogen (secondary N) is 1. The van der Waals surface area contributed by atoms with Crippen LogP contribution in [-0.4, -0.2) is 142 Å². The minimum atomic E-state index is -0.919. The van der Waals surface area contributed by atoms with E-state index in [-0.39, 0.29) is 58.9 Å². The number of aromatic carboxylic acids is 2. The van der Waals surface area contributed by atoms with Crippen molar-refractivity contribution >= 4 is 123 Å². The number of carbonyl (C=O) groups is 11. The third-order valence-corrected chi connectivity index (χ3v) is 14.6. The summed E-state index contributed by atoms with van der Waals surface area (Å²) in [5, 5.41) is 19.8. The van der Waals surface area contributed by atoms with Crippen LogP contribution in [0.5, 0.6) is 0 Å². The van der Waals surface area contributed by atoms with Gasteiger partial charge in [-0.2, -0.15) is 0 Å². The molecule has 0 aliphatic heterocycles. The maximum atomic E-state index is 11.8. The van der Waals surface area contributed by atoms with E-state index in [2.05, 4.69) is 24.3 Å². The summed E-state index contributed by atoms with van der Waals surface area (Å²) in [6, 6.07) is 34.7. The highest BCUT2D eigenvalue weighted by Crippen LogP contribution is 2.15. The van der Waals surface area contributed by atoms with E-state index in [4.69, 9.17) is 94.9 Å². The molecule has 0 fully saturated rings. The molecule has 0 aliphatic rings. The molecule has 0 saturated carbocycles. The Balaban J connectivity index is -0.00000114. The van der Waals surface area contributed by atoms with Crippen molar-refractivity contribution in [1.29, 1.82) is 0 Å². The zero-order valence-electron chi connectivity index (χ0n) is 60.5. The molecule has 0 atom stereocenters. The molecule has 0 unspecified atom stereocenters. The van der Waals surface area contributed by atoms with Gasteiger partial charge in [0, 0.05) is 104 Å². The average Bonchev–Trinajstić information content (AvgIpc) is 0.918. The Labute approximate surface area is 637 Å². The fourth-order valence-corrected chi connectivity index (χ4v) is 8.53. The number of amides is 1. The van der Waals surface area contributed by atoms with Gasteiger partial charge < -0.3 is 61.2 Å². The molecule has 578 valence electrons. The molecule has 0 aromatic heterocycles. The van der Waals surface area contributed by atoms with Crippen LogP contribution in [-0.2, 0) is 86.6 Å². The standard InChI is InChI=1S/C14H18ClNO3.2C14H17ClO3.2C8H7ClO2.3C6H13NO2/c1-2-19-13(17)7-4-8-16-14(18)12-6-3-5-11(9-12)10-15;1-18-14(17)5-3-2-4-13(16)12-8-6-11(10-15)7-9-12;1-2-18-14(17)5-3-4-13(16)12-8-6-11(10-15)7-9-12;9-5-6-1-3-7(4-2-6)8(10)11;9-5-6-2-1-3-7(4-6)8(10)11;3*1-2-9-6(8)4-3-5-7/h3,5-6,9H,2,4,7-8,10H2,1H3,(H,16,18);2*6-9H,2-5,10H2,1H3;2*1-4H,5H2,(H,10,11);3*2-5,7H2,1H3. The highest BCUT2D eigenvalue weighted by Gasteiger charge is 2.11. The van der Waals surface area contributed by atoms with E-state index >= 15 is 0 Å². The molecule has 5 aromatic rings. The Hall–Kier alpha value is -8.00. The number of esters is 6. The molecule has 9 N–H and O–H groups in total. The van der Waals surface area contributed by atoms with Crippen molar-refractivity contribution in [2.45, 2.75) is 160 Å². The lowest BCUT2D eigenvalue weighted by molar-refractivity contribution is -0.144. The van der Waals surface area contributed by atoms with Gasteiger partial charge in [-0.3, -0.25) is 43.2 Å². The number of alkyl halides is 5. The molecule has 5 rings (SSSR count). The molecule has 1 amide bonds. The lowest BCUT2D eigenvalue weighted by Gasteiger charge is -2.06. The number of benzene rings is 5. The smallest absolute Gasteiger partial charge is 0.335 e. The molecule has 0 saturated heterocycles. The first-order valence-corrected chi connectivity index (χ1v) is 36.6. The van der Waals surface area contributed by atoms with Gasteiger partial charge in [-0.05, 0) is 163 Å². The fourth-order valence-electron chi connectivity index (χ4n) is 7.66. The third kappa shape index (κ3) is 55.5. The molecule has 0 heterocycles. The van der Waals surface area contributed by atoms with Crippen LogP contribution in [0.2, 0.25) is 0 Å². The van der Waals surface area contributed by atoms with Crippen LogP contribution in [0.3, 0.4) is 0 Å². The van der Waals surface area contributed by atoms with Crippen molar-refractivity contribution in [3.8, 4) is 0 Å². The van der Waals surface area contributed by atoms with Crippen molar-refractivity contribution in [3.63, 3.8) is 0 Å². The number of methoxy groups -OCH3 is 1. The largest absolute Gasteiger partial charge is 0.478 e. The van der Waals surface area contributed by atoms with Gasteiger partial charge in [0.2, 0.25) is 0 Å². The minimum absolute atomic E-state index is 0.0421. The first kappa shape index (κ1) is 100. The van der Waals surface area contributed by atoms with Crippen LogP contribution in [0.15, 0.2) is 121 Å². The molecule has 0 aliphatic carbocycles. The number of ether oxygens (including phenoxy) is 6. The molecule has 0 radical (unpaired) electrons. The minimum Gasteiger partial charge on any atom is -0.478 e. The fraction of sp³-hybridized carbons (Fsp3) is 0.461. The predicted molar refractivity (Wildman–Crippen MR) is 407 cm³/mol. The van der Waals surface area contributed by atoms with Gasteiger partial charge in [-0.1, -0.05) is 84.9 Å². The number of carbonyl (C=O) groups excluding carboxylic acids is 9. The number of unbranched alkanes of at least 4 members (excludes halogenated alkanes) is 1.